The van der Waals surface area contributed by atoms with E-state index in [-0.39, 0.29) is 47.3 Å². The van der Waals surface area contributed by atoms with Gasteiger partial charge in [-0.05, 0) is 75.0 Å². The predicted octanol–water partition coefficient (Wildman–Crippen LogP) is 5.32. The van der Waals surface area contributed by atoms with Crippen molar-refractivity contribution in [3.63, 3.8) is 0 Å². The van der Waals surface area contributed by atoms with Crippen molar-refractivity contribution in [1.82, 2.24) is 14.7 Å². The molecule has 8 heteroatoms. The van der Waals surface area contributed by atoms with Crippen LogP contribution in [0.15, 0.2) is 24.3 Å². The highest BCUT2D eigenvalue weighted by molar-refractivity contribution is 6.30. The summed E-state index contributed by atoms with van der Waals surface area (Å²) < 4.78 is 5.92. The number of likely N-dealkylation sites (tertiary alicyclic amines) is 2. The van der Waals surface area contributed by atoms with Gasteiger partial charge in [0.15, 0.2) is 0 Å². The summed E-state index contributed by atoms with van der Waals surface area (Å²) in [5, 5.41) is 0.664. The van der Waals surface area contributed by atoms with E-state index in [0.29, 0.717) is 50.0 Å². The molecule has 208 valence electrons. The third-order valence-electron chi connectivity index (χ3n) is 9.56. The highest BCUT2D eigenvalue weighted by Crippen LogP contribution is 2.47. The average Bonchev–Trinajstić information content (AvgIpc) is 3.52. The van der Waals surface area contributed by atoms with E-state index < -0.39 is 0 Å². The molecule has 2 saturated carbocycles. The van der Waals surface area contributed by atoms with Gasteiger partial charge in [0, 0.05) is 55.5 Å². The quantitative estimate of drug-likeness (QED) is 0.504. The van der Waals surface area contributed by atoms with Gasteiger partial charge in [-0.25, -0.2) is 4.79 Å². The van der Waals surface area contributed by atoms with E-state index in [2.05, 4.69) is 6.92 Å². The molecular weight excluding hydrogens is 502 g/mol. The van der Waals surface area contributed by atoms with Gasteiger partial charge in [-0.1, -0.05) is 37.6 Å². The lowest BCUT2D eigenvalue weighted by atomic mass is 9.89. The van der Waals surface area contributed by atoms with Gasteiger partial charge in [0.1, 0.15) is 6.10 Å². The van der Waals surface area contributed by atoms with Crippen LogP contribution in [0.4, 0.5) is 4.79 Å². The SMILES string of the molecule is CC1CCC(OC(=O)N(C)[C@H]2CN(C(=O)C3CCN(C(=O)C4(C)CC4)CC3)CC2c2ccc(Cl)cc2)CC1. The Morgan fingerprint density at radius 1 is 0.947 bits per heavy atom. The number of likely N-dealkylation sites (N-methyl/N-ethyl adjacent to an activating group) is 1. The van der Waals surface area contributed by atoms with Crippen LogP contribution in [-0.4, -0.2) is 78.0 Å². The second-order valence-electron chi connectivity index (χ2n) is 12.5. The Morgan fingerprint density at radius 3 is 2.18 bits per heavy atom. The first-order chi connectivity index (χ1) is 18.1. The van der Waals surface area contributed by atoms with Crippen LogP contribution in [0.2, 0.25) is 5.02 Å². The molecule has 0 N–H and O–H groups in total. The van der Waals surface area contributed by atoms with Crippen molar-refractivity contribution < 1.29 is 19.1 Å². The molecule has 4 aliphatic rings. The van der Waals surface area contributed by atoms with Crippen molar-refractivity contribution in [2.75, 3.05) is 33.2 Å². The smallest absolute Gasteiger partial charge is 0.410 e. The van der Waals surface area contributed by atoms with Crippen LogP contribution in [0.5, 0.6) is 0 Å². The number of hydrogen-bond donors (Lipinski definition) is 0. The molecule has 3 amide bonds. The van der Waals surface area contributed by atoms with E-state index in [1.165, 1.54) is 0 Å². The molecule has 1 aromatic rings. The number of hydrogen-bond acceptors (Lipinski definition) is 4. The topological polar surface area (TPSA) is 70.2 Å². The van der Waals surface area contributed by atoms with Crippen molar-refractivity contribution in [2.24, 2.45) is 17.3 Å². The van der Waals surface area contributed by atoms with Gasteiger partial charge < -0.3 is 19.4 Å². The molecule has 2 saturated heterocycles. The molecule has 1 aromatic carbocycles. The minimum absolute atomic E-state index is 0.0170. The predicted molar refractivity (Wildman–Crippen MR) is 147 cm³/mol. The van der Waals surface area contributed by atoms with E-state index in [1.54, 1.807) is 11.9 Å². The molecule has 0 bridgehead atoms. The summed E-state index contributed by atoms with van der Waals surface area (Å²) in [6, 6.07) is 7.56. The van der Waals surface area contributed by atoms with Crippen molar-refractivity contribution in [2.45, 2.75) is 83.3 Å². The van der Waals surface area contributed by atoms with E-state index >= 15 is 0 Å². The summed E-state index contributed by atoms with van der Waals surface area (Å²) >= 11 is 6.16. The van der Waals surface area contributed by atoms with Gasteiger partial charge in [0.05, 0.1) is 6.04 Å². The zero-order valence-corrected chi connectivity index (χ0v) is 23.8. The van der Waals surface area contributed by atoms with Gasteiger partial charge in [-0.3, -0.25) is 9.59 Å². The number of halogens is 1. The van der Waals surface area contributed by atoms with Crippen molar-refractivity contribution in [3.05, 3.63) is 34.9 Å². The Balaban J connectivity index is 1.24. The average molecular weight is 544 g/mol. The standard InChI is InChI=1S/C30H42ClN3O4/c1-20-4-10-24(11-5-20)38-29(37)32(3)26-19-34(18-25(26)21-6-8-23(31)9-7-21)27(35)22-12-16-33(17-13-22)28(36)30(2)14-15-30/h6-9,20,22,24-26H,4-5,10-19H2,1-3H3/t20?,24?,25?,26-/m0/s1. The van der Waals surface area contributed by atoms with E-state index in [0.717, 1.165) is 44.1 Å². The Kier molecular flexibility index (Phi) is 7.95. The molecule has 5 rings (SSSR count). The van der Waals surface area contributed by atoms with Crippen molar-refractivity contribution in [1.29, 1.82) is 0 Å². The maximum absolute atomic E-state index is 13.7. The second-order valence-corrected chi connectivity index (χ2v) is 12.9. The molecule has 2 heterocycles. The minimum Gasteiger partial charge on any atom is -0.446 e. The van der Waals surface area contributed by atoms with Crippen LogP contribution >= 0.6 is 11.6 Å². The van der Waals surface area contributed by atoms with Gasteiger partial charge in [-0.15, -0.1) is 0 Å². The van der Waals surface area contributed by atoms with Crippen LogP contribution in [0.25, 0.3) is 0 Å². The largest absolute Gasteiger partial charge is 0.446 e. The first kappa shape index (κ1) is 27.3. The zero-order chi connectivity index (χ0) is 27.0. The molecule has 0 spiro atoms. The van der Waals surface area contributed by atoms with Crippen LogP contribution in [0, 0.1) is 17.3 Å². The maximum atomic E-state index is 13.7. The third-order valence-corrected chi connectivity index (χ3v) is 9.81. The molecule has 2 aliphatic heterocycles. The summed E-state index contributed by atoms with van der Waals surface area (Å²) in [5.74, 6) is 0.973. The van der Waals surface area contributed by atoms with Gasteiger partial charge in [0.2, 0.25) is 11.8 Å². The van der Waals surface area contributed by atoms with E-state index in [1.807, 2.05) is 41.0 Å². The highest BCUT2D eigenvalue weighted by atomic mass is 35.5. The Bertz CT molecular complexity index is 1030. The molecule has 1 unspecified atom stereocenters. The molecular formula is C30H42ClN3O4. The Labute approximate surface area is 231 Å². The summed E-state index contributed by atoms with van der Waals surface area (Å²) in [6.07, 6.45) is 7.02. The lowest BCUT2D eigenvalue weighted by Gasteiger charge is -2.35. The van der Waals surface area contributed by atoms with Crippen molar-refractivity contribution >= 4 is 29.5 Å². The number of ether oxygens (including phenoxy) is 1. The Hall–Kier alpha value is -2.28. The highest BCUT2D eigenvalue weighted by Gasteiger charge is 2.48. The van der Waals surface area contributed by atoms with Gasteiger partial charge >= 0.3 is 6.09 Å². The first-order valence-electron chi connectivity index (χ1n) is 14.4. The third kappa shape index (κ3) is 5.83. The molecule has 0 aromatic heterocycles. The minimum atomic E-state index is -0.303. The molecule has 7 nitrogen and oxygen atoms in total. The van der Waals surface area contributed by atoms with Gasteiger partial charge in [0.25, 0.3) is 0 Å². The number of carbonyl (C=O) groups excluding carboxylic acids is 3. The second kappa shape index (κ2) is 11.1. The first-order valence-corrected chi connectivity index (χ1v) is 14.8. The zero-order valence-electron chi connectivity index (χ0n) is 23.0. The number of piperidine rings is 1. The Morgan fingerprint density at radius 2 is 1.58 bits per heavy atom. The van der Waals surface area contributed by atoms with E-state index in [9.17, 15) is 14.4 Å². The summed E-state index contributed by atoms with van der Waals surface area (Å²) in [6.45, 7) is 6.63. The number of carbonyl (C=O) groups is 3. The lowest BCUT2D eigenvalue weighted by Crippen LogP contribution is -2.47. The molecule has 0 radical (unpaired) electrons. The maximum Gasteiger partial charge on any atom is 0.410 e. The van der Waals surface area contributed by atoms with Crippen LogP contribution < -0.4 is 0 Å². The fraction of sp³-hybridized carbons (Fsp3) is 0.700. The fourth-order valence-electron chi connectivity index (χ4n) is 6.48. The number of nitrogens with zero attached hydrogens (tertiary/aromatic N) is 3. The van der Waals surface area contributed by atoms with Crippen molar-refractivity contribution in [3.8, 4) is 0 Å². The fourth-order valence-corrected chi connectivity index (χ4v) is 6.60. The normalized spacial score (nSPS) is 29.2. The molecule has 2 atom stereocenters. The van der Waals surface area contributed by atoms with E-state index in [4.69, 9.17) is 16.3 Å². The monoisotopic (exact) mass is 543 g/mol. The molecule has 38 heavy (non-hydrogen) atoms. The number of rotatable bonds is 5. The summed E-state index contributed by atoms with van der Waals surface area (Å²) in [5.41, 5.74) is 0.902. The van der Waals surface area contributed by atoms with Crippen LogP contribution in [-0.2, 0) is 14.3 Å². The van der Waals surface area contributed by atoms with Crippen LogP contribution in [0.3, 0.4) is 0 Å². The van der Waals surface area contributed by atoms with Crippen LogP contribution in [0.1, 0.15) is 76.7 Å². The lowest BCUT2D eigenvalue weighted by molar-refractivity contribution is -0.142. The molecule has 2 aliphatic carbocycles. The molecule has 4 fully saturated rings. The number of benzene rings is 1. The summed E-state index contributed by atoms with van der Waals surface area (Å²) in [7, 11) is 1.80. The summed E-state index contributed by atoms with van der Waals surface area (Å²) in [4.78, 5) is 45.2. The number of amides is 3. The van der Waals surface area contributed by atoms with Gasteiger partial charge in [-0.2, -0.15) is 0 Å².